The normalized spacial score (nSPS) is 12.6. The number of nitrogens with zero attached hydrogens (tertiary/aromatic N) is 1. The first-order valence-corrected chi connectivity index (χ1v) is 4.84. The maximum atomic E-state index is 11.3. The van der Waals surface area contributed by atoms with E-state index in [-0.39, 0.29) is 0 Å². The topological polar surface area (TPSA) is 127 Å². The van der Waals surface area contributed by atoms with Gasteiger partial charge in [-0.2, -0.15) is 0 Å². The predicted molar refractivity (Wildman–Crippen MR) is 56.6 cm³/mol. The van der Waals surface area contributed by atoms with E-state index in [1.165, 1.54) is 13.8 Å². The molecule has 0 saturated carbocycles. The van der Waals surface area contributed by atoms with Gasteiger partial charge >= 0.3 is 6.03 Å². The highest BCUT2D eigenvalue weighted by Crippen LogP contribution is 2.24. The molecule has 0 atom stereocenters. The summed E-state index contributed by atoms with van der Waals surface area (Å²) in [6, 6.07) is -0.934. The number of amides is 2. The fourth-order valence-corrected chi connectivity index (χ4v) is 1.57. The number of carbonyl (C=O) groups excluding carboxylic acids is 1. The zero-order valence-electron chi connectivity index (χ0n) is 9.55. The largest absolute Gasteiger partial charge is 0.394 e. The quantitative estimate of drug-likeness (QED) is 0.359. The lowest BCUT2D eigenvalue weighted by Crippen LogP contribution is -2.68. The van der Waals surface area contributed by atoms with Gasteiger partial charge in [0.25, 0.3) is 0 Å². The minimum absolute atomic E-state index is 0.540. The van der Waals surface area contributed by atoms with Gasteiger partial charge in [-0.1, -0.05) is 0 Å². The standard InChI is InChI=1S/C9H20N2O5/c1-8(3-12,4-13)11(7(10)16)9(2,5-14)6-15/h12-15H,3-6H2,1-2H3,(H2,10,16). The molecule has 0 aromatic carbocycles. The van der Waals surface area contributed by atoms with Gasteiger partial charge in [0.1, 0.15) is 0 Å². The van der Waals surface area contributed by atoms with Crippen LogP contribution in [0.2, 0.25) is 0 Å². The van der Waals surface area contributed by atoms with Gasteiger partial charge in [0.15, 0.2) is 0 Å². The van der Waals surface area contributed by atoms with Crippen LogP contribution in [0.5, 0.6) is 0 Å². The van der Waals surface area contributed by atoms with Crippen LogP contribution in [-0.2, 0) is 0 Å². The SMILES string of the molecule is CC(CO)(CO)N(C(N)=O)C(C)(CO)CO. The molecule has 0 spiro atoms. The van der Waals surface area contributed by atoms with Crippen LogP contribution in [-0.4, -0.2) is 68.9 Å². The smallest absolute Gasteiger partial charge is 0.316 e. The first kappa shape index (κ1) is 15.1. The third kappa shape index (κ3) is 2.62. The molecule has 0 aliphatic carbocycles. The van der Waals surface area contributed by atoms with Crippen molar-refractivity contribution in [3.63, 3.8) is 0 Å². The van der Waals surface area contributed by atoms with E-state index >= 15 is 0 Å². The van der Waals surface area contributed by atoms with Gasteiger partial charge in [-0.3, -0.25) is 0 Å². The number of carbonyl (C=O) groups is 1. The van der Waals surface area contributed by atoms with Gasteiger partial charge < -0.3 is 31.1 Å². The van der Waals surface area contributed by atoms with Crippen LogP contribution in [0.15, 0.2) is 0 Å². The van der Waals surface area contributed by atoms with Gasteiger partial charge in [-0.15, -0.1) is 0 Å². The van der Waals surface area contributed by atoms with Crippen LogP contribution in [0, 0.1) is 0 Å². The fourth-order valence-electron chi connectivity index (χ4n) is 1.57. The highest BCUT2D eigenvalue weighted by Gasteiger charge is 2.44. The molecular weight excluding hydrogens is 216 g/mol. The van der Waals surface area contributed by atoms with Gasteiger partial charge in [0, 0.05) is 0 Å². The molecule has 2 amide bonds. The molecule has 0 unspecified atom stereocenters. The maximum Gasteiger partial charge on any atom is 0.316 e. The second-order valence-corrected chi connectivity index (χ2v) is 4.30. The summed E-state index contributed by atoms with van der Waals surface area (Å²) in [5, 5.41) is 36.7. The van der Waals surface area contributed by atoms with Crippen molar-refractivity contribution in [2.75, 3.05) is 26.4 Å². The van der Waals surface area contributed by atoms with Crippen molar-refractivity contribution in [2.24, 2.45) is 5.73 Å². The molecule has 16 heavy (non-hydrogen) atoms. The molecule has 0 radical (unpaired) electrons. The van der Waals surface area contributed by atoms with Crippen molar-refractivity contribution >= 4 is 6.03 Å². The van der Waals surface area contributed by atoms with E-state index in [4.69, 9.17) is 5.73 Å². The average molecular weight is 236 g/mol. The molecule has 0 aromatic rings. The van der Waals surface area contributed by atoms with Gasteiger partial charge in [0.05, 0.1) is 37.5 Å². The van der Waals surface area contributed by atoms with E-state index in [1.807, 2.05) is 0 Å². The molecule has 0 heterocycles. The lowest BCUT2D eigenvalue weighted by atomic mass is 9.92. The van der Waals surface area contributed by atoms with Crippen molar-refractivity contribution in [2.45, 2.75) is 24.9 Å². The zero-order chi connectivity index (χ0) is 13.0. The minimum atomic E-state index is -1.34. The second-order valence-electron chi connectivity index (χ2n) is 4.30. The van der Waals surface area contributed by atoms with Crippen molar-refractivity contribution in [1.29, 1.82) is 0 Å². The molecule has 0 aromatic heterocycles. The molecule has 0 saturated heterocycles. The Morgan fingerprint density at radius 3 is 1.38 bits per heavy atom. The Balaban J connectivity index is 5.38. The van der Waals surface area contributed by atoms with Crippen molar-refractivity contribution in [1.82, 2.24) is 4.90 Å². The average Bonchev–Trinajstić information content (AvgIpc) is 2.28. The number of aliphatic hydroxyl groups excluding tert-OH is 4. The Morgan fingerprint density at radius 2 is 1.25 bits per heavy atom. The summed E-state index contributed by atoms with van der Waals surface area (Å²) in [5.41, 5.74) is 2.47. The van der Waals surface area contributed by atoms with E-state index in [2.05, 4.69) is 0 Å². The van der Waals surface area contributed by atoms with Crippen LogP contribution < -0.4 is 5.73 Å². The van der Waals surface area contributed by atoms with E-state index < -0.39 is 43.5 Å². The number of hydrogen-bond donors (Lipinski definition) is 5. The molecule has 7 heteroatoms. The van der Waals surface area contributed by atoms with E-state index in [9.17, 15) is 25.2 Å². The molecule has 0 aliphatic rings. The highest BCUT2D eigenvalue weighted by molar-refractivity contribution is 5.74. The lowest BCUT2D eigenvalue weighted by molar-refractivity contribution is -0.0661. The molecule has 0 fully saturated rings. The van der Waals surface area contributed by atoms with Gasteiger partial charge in [-0.25, -0.2) is 4.79 Å². The van der Waals surface area contributed by atoms with Crippen molar-refractivity contribution in [3.8, 4) is 0 Å². The van der Waals surface area contributed by atoms with E-state index in [1.54, 1.807) is 0 Å². The zero-order valence-corrected chi connectivity index (χ0v) is 9.55. The highest BCUT2D eigenvalue weighted by atomic mass is 16.3. The minimum Gasteiger partial charge on any atom is -0.394 e. The number of nitrogens with two attached hydrogens (primary N) is 1. The molecule has 6 N–H and O–H groups in total. The van der Waals surface area contributed by atoms with Crippen LogP contribution in [0.1, 0.15) is 13.8 Å². The summed E-state index contributed by atoms with van der Waals surface area (Å²) in [5.74, 6) is 0. The third-order valence-corrected chi connectivity index (χ3v) is 2.66. The number of hydrogen-bond acceptors (Lipinski definition) is 5. The Kier molecular flexibility index (Phi) is 5.14. The number of rotatable bonds is 6. The summed E-state index contributed by atoms with van der Waals surface area (Å²) < 4.78 is 0. The van der Waals surface area contributed by atoms with Crippen LogP contribution in [0.3, 0.4) is 0 Å². The molecule has 0 bridgehead atoms. The molecule has 0 rings (SSSR count). The van der Waals surface area contributed by atoms with Crippen molar-refractivity contribution in [3.05, 3.63) is 0 Å². The summed E-state index contributed by atoms with van der Waals surface area (Å²) in [6.07, 6.45) is 0. The Hall–Kier alpha value is -0.890. The lowest BCUT2D eigenvalue weighted by Gasteiger charge is -2.47. The van der Waals surface area contributed by atoms with Crippen LogP contribution >= 0.6 is 0 Å². The Morgan fingerprint density at radius 1 is 1.00 bits per heavy atom. The Labute approximate surface area is 94.1 Å². The van der Waals surface area contributed by atoms with Gasteiger partial charge in [0.2, 0.25) is 0 Å². The predicted octanol–water partition coefficient (Wildman–Crippen LogP) is -2.15. The molecule has 7 nitrogen and oxygen atoms in total. The summed E-state index contributed by atoms with van der Waals surface area (Å²) in [7, 11) is 0. The molecule has 96 valence electrons. The molecular formula is C9H20N2O5. The number of primary amides is 1. The summed E-state index contributed by atoms with van der Waals surface area (Å²) in [4.78, 5) is 12.2. The first-order chi connectivity index (χ1) is 7.31. The Bertz CT molecular complexity index is 220. The first-order valence-electron chi connectivity index (χ1n) is 4.84. The van der Waals surface area contributed by atoms with Crippen LogP contribution in [0.4, 0.5) is 4.79 Å². The summed E-state index contributed by atoms with van der Waals surface area (Å²) >= 11 is 0. The third-order valence-electron chi connectivity index (χ3n) is 2.66. The monoisotopic (exact) mass is 236 g/mol. The van der Waals surface area contributed by atoms with Gasteiger partial charge in [-0.05, 0) is 13.8 Å². The molecule has 0 aliphatic heterocycles. The van der Waals surface area contributed by atoms with E-state index in [0.717, 1.165) is 4.90 Å². The second kappa shape index (κ2) is 5.44. The summed E-state index contributed by atoms with van der Waals surface area (Å²) in [6.45, 7) is 0.650. The van der Waals surface area contributed by atoms with E-state index in [0.29, 0.717) is 0 Å². The van der Waals surface area contributed by atoms with Crippen molar-refractivity contribution < 1.29 is 25.2 Å². The van der Waals surface area contributed by atoms with Crippen LogP contribution in [0.25, 0.3) is 0 Å². The maximum absolute atomic E-state index is 11.3. The number of aliphatic hydroxyl groups is 4. The number of urea groups is 1. The fraction of sp³-hybridized carbons (Fsp3) is 0.889.